The van der Waals surface area contributed by atoms with Gasteiger partial charge in [-0.1, -0.05) is 54.6 Å². The Balaban J connectivity index is 1.39. The summed E-state index contributed by atoms with van der Waals surface area (Å²) in [4.78, 5) is 12.8. The maximum Gasteiger partial charge on any atom is 0.243 e. The van der Waals surface area contributed by atoms with Gasteiger partial charge in [0.25, 0.3) is 0 Å². The van der Waals surface area contributed by atoms with Gasteiger partial charge in [-0.05, 0) is 54.7 Å². The summed E-state index contributed by atoms with van der Waals surface area (Å²) in [5.41, 5.74) is 3.57. The van der Waals surface area contributed by atoms with E-state index in [1.54, 1.807) is 24.3 Å². The lowest BCUT2D eigenvalue weighted by atomic mass is 10.0. The largest absolute Gasteiger partial charge is 0.376 e. The minimum Gasteiger partial charge on any atom is -0.376 e. The van der Waals surface area contributed by atoms with Crippen LogP contribution < -0.4 is 10.6 Å². The maximum absolute atomic E-state index is 12.8. The van der Waals surface area contributed by atoms with Gasteiger partial charge >= 0.3 is 0 Å². The first-order chi connectivity index (χ1) is 15.5. The summed E-state index contributed by atoms with van der Waals surface area (Å²) in [6.45, 7) is 1.16. The lowest BCUT2D eigenvalue weighted by molar-refractivity contribution is -0.114. The molecule has 1 heterocycles. The maximum atomic E-state index is 12.8. The Kier molecular flexibility index (Phi) is 6.87. The van der Waals surface area contributed by atoms with E-state index < -0.39 is 10.0 Å². The molecule has 0 bridgehead atoms. The molecule has 1 aliphatic heterocycles. The second-order valence-electron chi connectivity index (χ2n) is 7.86. The van der Waals surface area contributed by atoms with Gasteiger partial charge in [0.1, 0.15) is 0 Å². The minimum absolute atomic E-state index is 0.0346. The number of benzene rings is 3. The van der Waals surface area contributed by atoms with E-state index in [4.69, 9.17) is 0 Å². The van der Waals surface area contributed by atoms with Crippen molar-refractivity contribution in [1.82, 2.24) is 4.31 Å². The molecule has 1 aliphatic rings. The van der Waals surface area contributed by atoms with Crippen molar-refractivity contribution in [3.63, 3.8) is 0 Å². The van der Waals surface area contributed by atoms with Gasteiger partial charge < -0.3 is 10.6 Å². The molecule has 3 aromatic carbocycles. The summed E-state index contributed by atoms with van der Waals surface area (Å²) in [5, 5.41) is 6.00. The van der Waals surface area contributed by atoms with Crippen LogP contribution in [0.4, 0.5) is 11.4 Å². The highest BCUT2D eigenvalue weighted by atomic mass is 32.2. The Morgan fingerprint density at radius 3 is 2.38 bits per heavy atom. The zero-order valence-corrected chi connectivity index (χ0v) is 18.6. The average Bonchev–Trinajstić information content (AvgIpc) is 3.36. The fourth-order valence-electron chi connectivity index (χ4n) is 3.83. The first-order valence-corrected chi connectivity index (χ1v) is 12.2. The number of hydrogen-bond donors (Lipinski definition) is 2. The van der Waals surface area contributed by atoms with Crippen LogP contribution in [-0.4, -0.2) is 38.3 Å². The predicted octanol–water partition coefficient (Wildman–Crippen LogP) is 4.11. The molecule has 1 saturated heterocycles. The molecule has 0 spiro atoms. The summed E-state index contributed by atoms with van der Waals surface area (Å²) in [6.07, 6.45) is 2.51. The Bertz CT molecular complexity index is 1170. The van der Waals surface area contributed by atoms with Crippen molar-refractivity contribution in [3.05, 3.63) is 90.0 Å². The number of carbonyl (C=O) groups is 1. The smallest absolute Gasteiger partial charge is 0.243 e. The van der Waals surface area contributed by atoms with Crippen LogP contribution in [0.1, 0.15) is 24.0 Å². The van der Waals surface area contributed by atoms with Crippen molar-refractivity contribution < 1.29 is 13.2 Å². The predicted molar refractivity (Wildman–Crippen MR) is 127 cm³/mol. The Morgan fingerprint density at radius 1 is 0.875 bits per heavy atom. The molecule has 32 heavy (non-hydrogen) atoms. The molecule has 0 aromatic heterocycles. The van der Waals surface area contributed by atoms with Crippen molar-refractivity contribution in [2.75, 3.05) is 30.3 Å². The Labute approximate surface area is 189 Å². The molecule has 0 atom stereocenters. The molecule has 6 nitrogen and oxygen atoms in total. The monoisotopic (exact) mass is 449 g/mol. The highest BCUT2D eigenvalue weighted by Crippen LogP contribution is 2.23. The van der Waals surface area contributed by atoms with E-state index in [1.165, 1.54) is 9.87 Å². The number of para-hydroxylation sites is 1. The van der Waals surface area contributed by atoms with E-state index in [1.807, 2.05) is 42.5 Å². The molecular formula is C25H27N3O3S. The molecule has 2 N–H and O–H groups in total. The van der Waals surface area contributed by atoms with E-state index in [0.717, 1.165) is 30.5 Å². The molecular weight excluding hydrogens is 422 g/mol. The average molecular weight is 450 g/mol. The van der Waals surface area contributed by atoms with Gasteiger partial charge in [-0.15, -0.1) is 0 Å². The third kappa shape index (κ3) is 5.36. The van der Waals surface area contributed by atoms with Gasteiger partial charge in [0, 0.05) is 24.5 Å². The molecule has 0 unspecified atom stereocenters. The van der Waals surface area contributed by atoms with Crippen LogP contribution in [0, 0.1) is 0 Å². The Morgan fingerprint density at radius 2 is 1.59 bits per heavy atom. The topological polar surface area (TPSA) is 78.5 Å². The normalized spacial score (nSPS) is 14.2. The van der Waals surface area contributed by atoms with Crippen LogP contribution in [0.3, 0.4) is 0 Å². The van der Waals surface area contributed by atoms with E-state index in [2.05, 4.69) is 22.8 Å². The molecule has 4 rings (SSSR count). The summed E-state index contributed by atoms with van der Waals surface area (Å²) in [5.74, 6) is -0.196. The molecule has 0 radical (unpaired) electrons. The minimum atomic E-state index is -3.49. The second kappa shape index (κ2) is 9.97. The Hall–Kier alpha value is -3.16. The zero-order chi connectivity index (χ0) is 22.4. The number of nitrogens with zero attached hydrogens (tertiary/aromatic N) is 1. The van der Waals surface area contributed by atoms with Gasteiger partial charge in [-0.3, -0.25) is 4.79 Å². The van der Waals surface area contributed by atoms with Crippen LogP contribution in [-0.2, 0) is 21.2 Å². The number of amides is 1. The van der Waals surface area contributed by atoms with Crippen molar-refractivity contribution in [2.24, 2.45) is 0 Å². The molecule has 7 heteroatoms. The quantitative estimate of drug-likeness (QED) is 0.542. The van der Waals surface area contributed by atoms with Crippen LogP contribution in [0.25, 0.3) is 0 Å². The van der Waals surface area contributed by atoms with Gasteiger partial charge in [0.15, 0.2) is 0 Å². The highest BCUT2D eigenvalue weighted by Gasteiger charge is 2.27. The third-order valence-electron chi connectivity index (χ3n) is 5.52. The SMILES string of the molecule is O=C(CNc1cccc(S(=O)(=O)N2CCCC2)c1)Nc1ccccc1Cc1ccccc1. The number of anilines is 2. The number of sulfonamides is 1. The van der Waals surface area contributed by atoms with E-state index in [-0.39, 0.29) is 17.3 Å². The van der Waals surface area contributed by atoms with Crippen LogP contribution in [0.5, 0.6) is 0 Å². The molecule has 0 saturated carbocycles. The van der Waals surface area contributed by atoms with E-state index in [0.29, 0.717) is 18.8 Å². The lowest BCUT2D eigenvalue weighted by Gasteiger charge is -2.16. The fraction of sp³-hybridized carbons (Fsp3) is 0.240. The number of carbonyl (C=O) groups excluding carboxylic acids is 1. The molecule has 0 aliphatic carbocycles. The highest BCUT2D eigenvalue weighted by molar-refractivity contribution is 7.89. The van der Waals surface area contributed by atoms with Crippen molar-refractivity contribution in [2.45, 2.75) is 24.2 Å². The molecule has 1 amide bonds. The van der Waals surface area contributed by atoms with Crippen LogP contribution in [0.2, 0.25) is 0 Å². The standard InChI is InChI=1S/C25H27N3O3S/c29-25(27-24-14-5-4-11-21(24)17-20-9-2-1-3-10-20)19-26-22-12-8-13-23(18-22)32(30,31)28-15-6-7-16-28/h1-5,8-14,18,26H,6-7,15-17,19H2,(H,27,29). The summed E-state index contributed by atoms with van der Waals surface area (Å²) >= 11 is 0. The summed E-state index contributed by atoms with van der Waals surface area (Å²) < 4.78 is 27.1. The molecule has 3 aromatic rings. The number of nitrogens with one attached hydrogen (secondary N) is 2. The van der Waals surface area contributed by atoms with Crippen LogP contribution >= 0.6 is 0 Å². The number of hydrogen-bond acceptors (Lipinski definition) is 4. The van der Waals surface area contributed by atoms with Gasteiger partial charge in [-0.2, -0.15) is 4.31 Å². The van der Waals surface area contributed by atoms with Crippen molar-refractivity contribution in [3.8, 4) is 0 Å². The van der Waals surface area contributed by atoms with Crippen molar-refractivity contribution in [1.29, 1.82) is 0 Å². The summed E-state index contributed by atoms with van der Waals surface area (Å²) in [7, 11) is -3.49. The van der Waals surface area contributed by atoms with Crippen LogP contribution in [0.15, 0.2) is 83.8 Å². The number of rotatable bonds is 8. The fourth-order valence-corrected chi connectivity index (χ4v) is 5.40. The lowest BCUT2D eigenvalue weighted by Crippen LogP contribution is -2.28. The van der Waals surface area contributed by atoms with E-state index in [9.17, 15) is 13.2 Å². The third-order valence-corrected chi connectivity index (χ3v) is 7.41. The van der Waals surface area contributed by atoms with Crippen molar-refractivity contribution >= 4 is 27.3 Å². The zero-order valence-electron chi connectivity index (χ0n) is 17.8. The van der Waals surface area contributed by atoms with Gasteiger partial charge in [0.2, 0.25) is 15.9 Å². The first-order valence-electron chi connectivity index (χ1n) is 10.8. The van der Waals surface area contributed by atoms with Gasteiger partial charge in [0.05, 0.1) is 11.4 Å². The summed E-state index contributed by atoms with van der Waals surface area (Å²) in [6, 6.07) is 24.5. The first kappa shape index (κ1) is 22.0. The van der Waals surface area contributed by atoms with E-state index >= 15 is 0 Å². The molecule has 166 valence electrons. The second-order valence-corrected chi connectivity index (χ2v) is 9.80. The van der Waals surface area contributed by atoms with Gasteiger partial charge in [-0.25, -0.2) is 8.42 Å². The molecule has 1 fully saturated rings.